The highest BCUT2D eigenvalue weighted by molar-refractivity contribution is 8.00. The first-order chi connectivity index (χ1) is 14.9. The van der Waals surface area contributed by atoms with Crippen molar-refractivity contribution in [1.82, 2.24) is 0 Å². The van der Waals surface area contributed by atoms with E-state index in [-0.39, 0.29) is 16.8 Å². The number of carbonyl (C=O) groups excluding carboxylic acids is 2. The summed E-state index contributed by atoms with van der Waals surface area (Å²) in [7, 11) is 3.94. The smallest absolute Gasteiger partial charge is 0.258 e. The number of nitrogens with zero attached hydrogens (tertiary/aromatic N) is 2. The van der Waals surface area contributed by atoms with Crippen molar-refractivity contribution in [3.05, 3.63) is 89.7 Å². The number of benzene rings is 3. The van der Waals surface area contributed by atoms with Crippen LogP contribution in [0.4, 0.5) is 21.5 Å². The lowest BCUT2D eigenvalue weighted by atomic mass is 10.1. The van der Waals surface area contributed by atoms with E-state index in [1.165, 1.54) is 23.9 Å². The minimum Gasteiger partial charge on any atom is -0.378 e. The van der Waals surface area contributed by atoms with Gasteiger partial charge in [-0.25, -0.2) is 4.39 Å². The zero-order valence-electron chi connectivity index (χ0n) is 17.2. The number of halogens is 1. The molecule has 158 valence electrons. The molecule has 0 radical (unpaired) electrons. The van der Waals surface area contributed by atoms with Gasteiger partial charge in [-0.05, 0) is 54.1 Å². The maximum Gasteiger partial charge on any atom is 0.258 e. The van der Waals surface area contributed by atoms with Crippen molar-refractivity contribution in [3.8, 4) is 0 Å². The van der Waals surface area contributed by atoms with Gasteiger partial charge in [0, 0.05) is 31.2 Å². The molecule has 2 amide bonds. The van der Waals surface area contributed by atoms with Crippen LogP contribution in [-0.2, 0) is 4.79 Å². The van der Waals surface area contributed by atoms with Crippen LogP contribution in [0.3, 0.4) is 0 Å². The standard InChI is InChI=1S/C24H22FN3O2S/c1-27(2)18-10-12-19(13-11-18)28-22(29)15-31-24(28)16-6-5-7-17(14-16)26-23(30)20-8-3-4-9-21(20)25/h3-14,24H,15H2,1-2H3,(H,26,30)/t24-/m1/s1. The summed E-state index contributed by atoms with van der Waals surface area (Å²) in [5.41, 5.74) is 3.30. The van der Waals surface area contributed by atoms with Crippen molar-refractivity contribution >= 4 is 40.6 Å². The summed E-state index contributed by atoms with van der Waals surface area (Å²) in [5.74, 6) is -0.665. The fourth-order valence-corrected chi connectivity index (χ4v) is 4.64. The van der Waals surface area contributed by atoms with Crippen molar-refractivity contribution in [1.29, 1.82) is 0 Å². The second-order valence-corrected chi connectivity index (χ2v) is 8.47. The van der Waals surface area contributed by atoms with Gasteiger partial charge in [0.15, 0.2) is 0 Å². The number of nitrogens with one attached hydrogen (secondary N) is 1. The zero-order valence-corrected chi connectivity index (χ0v) is 18.0. The van der Waals surface area contributed by atoms with Crippen LogP contribution in [0.25, 0.3) is 0 Å². The van der Waals surface area contributed by atoms with E-state index in [1.54, 1.807) is 23.1 Å². The van der Waals surface area contributed by atoms with Crippen molar-refractivity contribution in [2.24, 2.45) is 0 Å². The third kappa shape index (κ3) is 4.41. The van der Waals surface area contributed by atoms with Gasteiger partial charge in [-0.1, -0.05) is 24.3 Å². The summed E-state index contributed by atoms with van der Waals surface area (Å²) in [6.45, 7) is 0. The van der Waals surface area contributed by atoms with E-state index in [0.717, 1.165) is 16.9 Å². The molecule has 5 nitrogen and oxygen atoms in total. The largest absolute Gasteiger partial charge is 0.378 e. The predicted molar refractivity (Wildman–Crippen MR) is 124 cm³/mol. The molecule has 3 aromatic carbocycles. The van der Waals surface area contributed by atoms with Crippen molar-refractivity contribution < 1.29 is 14.0 Å². The minimum absolute atomic E-state index is 0.0130. The van der Waals surface area contributed by atoms with Crippen LogP contribution in [0.1, 0.15) is 21.3 Å². The zero-order chi connectivity index (χ0) is 22.0. The molecule has 1 aliphatic heterocycles. The molecule has 0 bridgehead atoms. The van der Waals surface area contributed by atoms with E-state index in [9.17, 15) is 14.0 Å². The average molecular weight is 436 g/mol. The first kappa shape index (κ1) is 20.9. The van der Waals surface area contributed by atoms with Crippen LogP contribution in [0.15, 0.2) is 72.8 Å². The Bertz CT molecular complexity index is 1120. The Labute approximate surface area is 184 Å². The first-order valence-corrected chi connectivity index (χ1v) is 10.9. The summed E-state index contributed by atoms with van der Waals surface area (Å²) < 4.78 is 13.9. The van der Waals surface area contributed by atoms with Crippen molar-refractivity contribution in [3.63, 3.8) is 0 Å². The van der Waals surface area contributed by atoms with E-state index in [1.807, 2.05) is 61.5 Å². The molecule has 1 aliphatic rings. The normalized spacial score (nSPS) is 15.8. The quantitative estimate of drug-likeness (QED) is 0.618. The molecule has 1 fully saturated rings. The van der Waals surface area contributed by atoms with Crippen molar-refractivity contribution in [2.75, 3.05) is 35.0 Å². The third-order valence-electron chi connectivity index (χ3n) is 5.06. The Hall–Kier alpha value is -3.32. The number of carbonyl (C=O) groups is 2. The third-order valence-corrected chi connectivity index (χ3v) is 6.27. The minimum atomic E-state index is -0.569. The molecule has 1 N–H and O–H groups in total. The summed E-state index contributed by atoms with van der Waals surface area (Å²) in [5, 5.41) is 2.55. The maximum absolute atomic E-state index is 13.9. The van der Waals surface area contributed by atoms with Gasteiger partial charge in [0.1, 0.15) is 11.2 Å². The number of hydrogen-bond donors (Lipinski definition) is 1. The van der Waals surface area contributed by atoms with E-state index in [0.29, 0.717) is 11.4 Å². The number of rotatable bonds is 5. The first-order valence-electron chi connectivity index (χ1n) is 9.81. The van der Waals surface area contributed by atoms with Crippen LogP contribution in [0, 0.1) is 5.82 Å². The molecule has 3 aromatic rings. The molecule has 1 atom stereocenters. The van der Waals surface area contributed by atoms with Gasteiger partial charge < -0.3 is 10.2 Å². The molecule has 31 heavy (non-hydrogen) atoms. The predicted octanol–water partition coefficient (Wildman–Crippen LogP) is 4.92. The molecule has 0 spiro atoms. The number of anilines is 3. The fourth-order valence-electron chi connectivity index (χ4n) is 3.47. The monoisotopic (exact) mass is 435 g/mol. The highest BCUT2D eigenvalue weighted by Gasteiger charge is 2.34. The second-order valence-electron chi connectivity index (χ2n) is 7.40. The molecule has 4 rings (SSSR count). The molecule has 1 heterocycles. The molecule has 1 saturated heterocycles. The maximum atomic E-state index is 13.9. The van der Waals surface area contributed by atoms with Gasteiger partial charge in [-0.15, -0.1) is 11.8 Å². The number of thioether (sulfide) groups is 1. The van der Waals surface area contributed by atoms with Crippen LogP contribution in [0.5, 0.6) is 0 Å². The van der Waals surface area contributed by atoms with Gasteiger partial charge in [-0.2, -0.15) is 0 Å². The van der Waals surface area contributed by atoms with E-state index < -0.39 is 11.7 Å². The van der Waals surface area contributed by atoms with Gasteiger partial charge in [-0.3, -0.25) is 14.5 Å². The van der Waals surface area contributed by atoms with Gasteiger partial charge in [0.05, 0.1) is 11.3 Å². The summed E-state index contributed by atoms with van der Waals surface area (Å²) in [4.78, 5) is 28.9. The van der Waals surface area contributed by atoms with Gasteiger partial charge in [0.2, 0.25) is 5.91 Å². The van der Waals surface area contributed by atoms with Crippen molar-refractivity contribution in [2.45, 2.75) is 5.37 Å². The number of amides is 2. The topological polar surface area (TPSA) is 52.6 Å². The molecular formula is C24H22FN3O2S. The molecule has 0 aliphatic carbocycles. The average Bonchev–Trinajstić information content (AvgIpc) is 3.15. The SMILES string of the molecule is CN(C)c1ccc(N2C(=O)CS[C@@H]2c2cccc(NC(=O)c3ccccc3F)c2)cc1. The number of hydrogen-bond acceptors (Lipinski definition) is 4. The molecule has 0 aromatic heterocycles. The Balaban J connectivity index is 1.58. The fraction of sp³-hybridized carbons (Fsp3) is 0.167. The molecule has 7 heteroatoms. The van der Waals surface area contributed by atoms with Gasteiger partial charge in [0.25, 0.3) is 5.91 Å². The molecule has 0 unspecified atom stereocenters. The lowest BCUT2D eigenvalue weighted by Crippen LogP contribution is -2.27. The van der Waals surface area contributed by atoms with Crippen LogP contribution in [-0.4, -0.2) is 31.7 Å². The summed E-state index contributed by atoms with van der Waals surface area (Å²) >= 11 is 1.54. The molecular weight excluding hydrogens is 413 g/mol. The Morgan fingerprint density at radius 3 is 2.52 bits per heavy atom. The van der Waals surface area contributed by atoms with E-state index in [2.05, 4.69) is 5.32 Å². The summed E-state index contributed by atoms with van der Waals surface area (Å²) in [6.07, 6.45) is 0. The Morgan fingerprint density at radius 1 is 1.06 bits per heavy atom. The highest BCUT2D eigenvalue weighted by Crippen LogP contribution is 2.42. The Morgan fingerprint density at radius 2 is 1.81 bits per heavy atom. The lowest BCUT2D eigenvalue weighted by Gasteiger charge is -2.25. The van der Waals surface area contributed by atoms with Gasteiger partial charge >= 0.3 is 0 Å². The lowest BCUT2D eigenvalue weighted by molar-refractivity contribution is -0.115. The van der Waals surface area contributed by atoms with E-state index in [4.69, 9.17) is 0 Å². The van der Waals surface area contributed by atoms with Crippen LogP contribution >= 0.6 is 11.8 Å². The van der Waals surface area contributed by atoms with Crippen LogP contribution < -0.4 is 15.1 Å². The molecule has 0 saturated carbocycles. The Kier molecular flexibility index (Phi) is 5.95. The summed E-state index contributed by atoms with van der Waals surface area (Å²) in [6, 6.07) is 21.0. The van der Waals surface area contributed by atoms with Crippen LogP contribution in [0.2, 0.25) is 0 Å². The second kappa shape index (κ2) is 8.81. The van der Waals surface area contributed by atoms with E-state index >= 15 is 0 Å². The highest BCUT2D eigenvalue weighted by atomic mass is 32.2.